The number of hydrogen-bond acceptors (Lipinski definition) is 1. The van der Waals surface area contributed by atoms with Crippen LogP contribution in [0.5, 0.6) is 0 Å². The number of unbranched alkanes of at least 4 members (excludes halogenated alkanes) is 14. The second kappa shape index (κ2) is 16.5. The molecule has 0 spiro atoms. The monoisotopic (exact) mass is 601 g/mol. The third kappa shape index (κ3) is 8.09. The maximum Gasteiger partial charge on any atom is 0.0273 e. The van der Waals surface area contributed by atoms with Gasteiger partial charge in [0.1, 0.15) is 0 Å². The summed E-state index contributed by atoms with van der Waals surface area (Å²) in [5.74, 6) is 0. The van der Waals surface area contributed by atoms with E-state index < -0.39 is 0 Å². The predicted molar refractivity (Wildman–Crippen MR) is 178 cm³/mol. The van der Waals surface area contributed by atoms with Gasteiger partial charge < -0.3 is 0 Å². The van der Waals surface area contributed by atoms with Gasteiger partial charge in [0.25, 0.3) is 0 Å². The van der Waals surface area contributed by atoms with Gasteiger partial charge in [-0.3, -0.25) is 4.98 Å². The highest BCUT2D eigenvalue weighted by Crippen LogP contribution is 2.55. The van der Waals surface area contributed by atoms with Crippen LogP contribution in [0, 0.1) is 0 Å². The highest BCUT2D eigenvalue weighted by molar-refractivity contribution is 9.10. The molecule has 1 aliphatic rings. The van der Waals surface area contributed by atoms with Crippen LogP contribution in [-0.2, 0) is 5.41 Å². The molecule has 0 N–H and O–H groups in total. The second-order valence-electron chi connectivity index (χ2n) is 12.2. The van der Waals surface area contributed by atoms with E-state index in [2.05, 4.69) is 83.3 Å². The Morgan fingerprint density at radius 1 is 0.525 bits per heavy atom. The average Bonchev–Trinajstić information content (AvgIpc) is 3.24. The van der Waals surface area contributed by atoms with Gasteiger partial charge in [-0.15, -0.1) is 0 Å². The van der Waals surface area contributed by atoms with Gasteiger partial charge in [-0.05, 0) is 76.6 Å². The zero-order chi connectivity index (χ0) is 28.0. The summed E-state index contributed by atoms with van der Waals surface area (Å²) >= 11 is 3.85. The molecule has 0 amide bonds. The molecule has 0 bridgehead atoms. The molecule has 0 fully saturated rings. The summed E-state index contributed by atoms with van der Waals surface area (Å²) in [7, 11) is 0. The largest absolute Gasteiger partial charge is 0.265 e. The smallest absolute Gasteiger partial charge is 0.0273 e. The molecule has 0 atom stereocenters. The number of hydrogen-bond donors (Lipinski definition) is 0. The van der Waals surface area contributed by atoms with Crippen molar-refractivity contribution in [2.45, 2.75) is 135 Å². The molecule has 1 aliphatic carbocycles. The van der Waals surface area contributed by atoms with Crippen molar-refractivity contribution < 1.29 is 0 Å². The van der Waals surface area contributed by atoms with E-state index >= 15 is 0 Å². The summed E-state index contributed by atoms with van der Waals surface area (Å²) in [6.45, 7) is 4.61. The number of aromatic nitrogens is 1. The highest BCUT2D eigenvalue weighted by Gasteiger charge is 2.42. The zero-order valence-corrected chi connectivity index (χ0v) is 26.9. The van der Waals surface area contributed by atoms with Crippen LogP contribution in [0.4, 0.5) is 0 Å². The summed E-state index contributed by atoms with van der Waals surface area (Å²) in [6, 6.07) is 18.6. The van der Waals surface area contributed by atoms with Crippen molar-refractivity contribution >= 4 is 15.9 Å². The van der Waals surface area contributed by atoms with Crippen LogP contribution >= 0.6 is 15.9 Å². The van der Waals surface area contributed by atoms with Gasteiger partial charge >= 0.3 is 0 Å². The van der Waals surface area contributed by atoms with Gasteiger partial charge in [0.15, 0.2) is 0 Å². The van der Waals surface area contributed by atoms with E-state index in [9.17, 15) is 0 Å². The first-order valence-corrected chi connectivity index (χ1v) is 17.3. The lowest BCUT2D eigenvalue weighted by Crippen LogP contribution is -2.25. The fraction of sp³-hybridized carbons (Fsp3) is 0.553. The fourth-order valence-corrected chi connectivity index (χ4v) is 7.34. The van der Waals surface area contributed by atoms with E-state index in [1.807, 2.05) is 12.4 Å². The Morgan fingerprint density at radius 2 is 1.00 bits per heavy atom. The van der Waals surface area contributed by atoms with Gasteiger partial charge in [0, 0.05) is 22.3 Å². The van der Waals surface area contributed by atoms with Gasteiger partial charge in [-0.25, -0.2) is 0 Å². The number of nitrogens with zero attached hydrogens (tertiary/aromatic N) is 1. The summed E-state index contributed by atoms with van der Waals surface area (Å²) in [5.41, 5.74) is 8.75. The normalized spacial score (nSPS) is 13.4. The number of rotatable bonds is 19. The lowest BCUT2D eigenvalue weighted by atomic mass is 9.70. The number of pyridine rings is 1. The van der Waals surface area contributed by atoms with Crippen molar-refractivity contribution in [3.8, 4) is 22.3 Å². The van der Waals surface area contributed by atoms with Crippen LogP contribution in [0.3, 0.4) is 0 Å². The van der Waals surface area contributed by atoms with E-state index in [1.165, 1.54) is 142 Å². The summed E-state index contributed by atoms with van der Waals surface area (Å²) in [5, 5.41) is 0. The Balaban J connectivity index is 1.56. The molecule has 0 unspecified atom stereocenters. The van der Waals surface area contributed by atoms with Crippen molar-refractivity contribution in [1.82, 2.24) is 4.98 Å². The quantitative estimate of drug-likeness (QED) is 0.124. The van der Waals surface area contributed by atoms with E-state index in [0.717, 1.165) is 0 Å². The molecule has 0 radical (unpaired) electrons. The molecule has 1 nitrogen and oxygen atoms in total. The molecule has 1 heterocycles. The van der Waals surface area contributed by atoms with Crippen molar-refractivity contribution in [3.63, 3.8) is 0 Å². The van der Waals surface area contributed by atoms with Gasteiger partial charge in [-0.2, -0.15) is 0 Å². The standard InChI is InChI=1S/C38H52BrN/c1-3-5-7-9-11-13-15-17-25-38(26-18-16-14-12-10-8-6-4-2)36-29-32(31-23-27-40-28-24-31)19-21-34(36)35-22-20-33(39)30-37(35)38/h19-24,27-30H,3-18,25-26H2,1-2H3. The molecule has 1 aromatic heterocycles. The molecule has 216 valence electrons. The molecular formula is C38H52BrN. The Kier molecular flexibility index (Phi) is 12.8. The van der Waals surface area contributed by atoms with E-state index in [1.54, 1.807) is 11.1 Å². The van der Waals surface area contributed by atoms with Crippen LogP contribution in [-0.4, -0.2) is 4.98 Å². The molecule has 0 saturated carbocycles. The molecule has 4 rings (SSSR count). The SMILES string of the molecule is CCCCCCCCCCC1(CCCCCCCCCC)c2cc(Br)ccc2-c2ccc(-c3ccncc3)cc21. The van der Waals surface area contributed by atoms with Gasteiger partial charge in [0.05, 0.1) is 0 Å². The number of halogens is 1. The third-order valence-electron chi connectivity index (χ3n) is 9.25. The Labute approximate surface area is 253 Å². The van der Waals surface area contributed by atoms with E-state index in [0.29, 0.717) is 0 Å². The molecule has 2 heteroatoms. The summed E-state index contributed by atoms with van der Waals surface area (Å²) in [4.78, 5) is 4.27. The van der Waals surface area contributed by atoms with Gasteiger partial charge in [-0.1, -0.05) is 151 Å². The first-order chi connectivity index (χ1) is 19.7. The molecule has 2 aromatic carbocycles. The molecule has 3 aromatic rings. The average molecular weight is 603 g/mol. The Hall–Kier alpha value is -1.93. The van der Waals surface area contributed by atoms with Crippen LogP contribution in [0.15, 0.2) is 65.4 Å². The summed E-state index contributed by atoms with van der Waals surface area (Å²) < 4.78 is 1.21. The fourth-order valence-electron chi connectivity index (χ4n) is 6.98. The minimum absolute atomic E-state index is 0.113. The molecule has 0 aliphatic heterocycles. The second-order valence-corrected chi connectivity index (χ2v) is 13.1. The topological polar surface area (TPSA) is 12.9 Å². The van der Waals surface area contributed by atoms with Crippen molar-refractivity contribution in [2.75, 3.05) is 0 Å². The van der Waals surface area contributed by atoms with Crippen molar-refractivity contribution in [1.29, 1.82) is 0 Å². The van der Waals surface area contributed by atoms with Crippen molar-refractivity contribution in [2.24, 2.45) is 0 Å². The highest BCUT2D eigenvalue weighted by atomic mass is 79.9. The molecule has 0 saturated heterocycles. The maximum atomic E-state index is 4.27. The lowest BCUT2D eigenvalue weighted by Gasteiger charge is -2.33. The van der Waals surface area contributed by atoms with E-state index in [4.69, 9.17) is 0 Å². The summed E-state index contributed by atoms with van der Waals surface area (Å²) in [6.07, 6.45) is 28.3. The van der Waals surface area contributed by atoms with Crippen LogP contribution < -0.4 is 0 Å². The third-order valence-corrected chi connectivity index (χ3v) is 9.74. The first-order valence-electron chi connectivity index (χ1n) is 16.5. The Bertz CT molecular complexity index is 1130. The van der Waals surface area contributed by atoms with Gasteiger partial charge in [0.2, 0.25) is 0 Å². The van der Waals surface area contributed by atoms with Crippen molar-refractivity contribution in [3.05, 3.63) is 76.5 Å². The number of fused-ring (bicyclic) bond motifs is 3. The van der Waals surface area contributed by atoms with Crippen LogP contribution in [0.1, 0.15) is 141 Å². The minimum Gasteiger partial charge on any atom is -0.265 e. The Morgan fingerprint density at radius 3 is 1.55 bits per heavy atom. The lowest BCUT2D eigenvalue weighted by molar-refractivity contribution is 0.397. The maximum absolute atomic E-state index is 4.27. The predicted octanol–water partition coefficient (Wildman–Crippen LogP) is 12.8. The first kappa shape index (κ1) is 31.0. The molecular weight excluding hydrogens is 550 g/mol. The van der Waals surface area contributed by atoms with Crippen LogP contribution in [0.25, 0.3) is 22.3 Å². The minimum atomic E-state index is 0.113. The van der Waals surface area contributed by atoms with Crippen LogP contribution in [0.2, 0.25) is 0 Å². The number of benzene rings is 2. The zero-order valence-electron chi connectivity index (χ0n) is 25.3. The molecule has 40 heavy (non-hydrogen) atoms. The van der Waals surface area contributed by atoms with E-state index in [-0.39, 0.29) is 5.41 Å².